The fourth-order valence-corrected chi connectivity index (χ4v) is 5.10. The van der Waals surface area contributed by atoms with Gasteiger partial charge in [0.05, 0.1) is 30.9 Å². The lowest BCUT2D eigenvalue weighted by atomic mass is 9.99. The van der Waals surface area contributed by atoms with Gasteiger partial charge in [0, 0.05) is 18.2 Å². The Morgan fingerprint density at radius 1 is 1.07 bits per heavy atom. The van der Waals surface area contributed by atoms with Gasteiger partial charge >= 0.3 is 0 Å². The number of alkyl halides is 2. The molecule has 3 aromatic carbocycles. The van der Waals surface area contributed by atoms with Gasteiger partial charge in [-0.05, 0) is 54.8 Å². The molecule has 1 aliphatic heterocycles. The van der Waals surface area contributed by atoms with Gasteiger partial charge in [0.15, 0.2) is 9.84 Å². The van der Waals surface area contributed by atoms with Crippen LogP contribution in [0.15, 0.2) is 65.1 Å². The average molecular weight is 615 g/mol. The number of sulfone groups is 1. The summed E-state index contributed by atoms with van der Waals surface area (Å²) in [5, 5.41) is 7.55. The van der Waals surface area contributed by atoms with Gasteiger partial charge in [0.2, 0.25) is 11.8 Å². The largest absolute Gasteiger partial charge is 0.497 e. The summed E-state index contributed by atoms with van der Waals surface area (Å²) in [6, 6.07) is 14.7. The first-order valence-corrected chi connectivity index (χ1v) is 15.1. The van der Waals surface area contributed by atoms with Crippen LogP contribution in [0.5, 0.6) is 5.75 Å². The number of anilines is 1. The van der Waals surface area contributed by atoms with E-state index in [1.165, 1.54) is 13.8 Å². The van der Waals surface area contributed by atoms with Crippen LogP contribution in [0, 0.1) is 5.82 Å². The van der Waals surface area contributed by atoms with E-state index >= 15 is 13.2 Å². The van der Waals surface area contributed by atoms with Crippen LogP contribution in [0.4, 0.5) is 18.9 Å². The Morgan fingerprint density at radius 2 is 1.67 bits per heavy atom. The molecular weight excluding hydrogens is 585 g/mol. The molecule has 0 fully saturated rings. The monoisotopic (exact) mass is 614 g/mol. The number of rotatable bonds is 7. The zero-order valence-corrected chi connectivity index (χ0v) is 24.6. The summed E-state index contributed by atoms with van der Waals surface area (Å²) in [5.41, 5.74) is 6.94. The Bertz CT molecular complexity index is 1790. The van der Waals surface area contributed by atoms with Crippen LogP contribution in [0.25, 0.3) is 22.6 Å². The van der Waals surface area contributed by atoms with Crippen molar-refractivity contribution in [3.8, 4) is 28.3 Å². The lowest BCUT2D eigenvalue weighted by Crippen LogP contribution is -2.43. The number of halogens is 3. The number of ether oxygens (including phenoxy) is 1. The first-order valence-electron chi connectivity index (χ1n) is 13.2. The van der Waals surface area contributed by atoms with Crippen molar-refractivity contribution in [2.75, 3.05) is 18.3 Å². The quantitative estimate of drug-likeness (QED) is 0.301. The van der Waals surface area contributed by atoms with Gasteiger partial charge in [-0.2, -0.15) is 0 Å². The summed E-state index contributed by atoms with van der Waals surface area (Å²) in [4.78, 5) is 14.5. The summed E-state index contributed by atoms with van der Waals surface area (Å²) in [6.07, 6.45) is -0.0318. The number of nitrogens with two attached hydrogens (primary N) is 1. The van der Waals surface area contributed by atoms with Crippen molar-refractivity contribution < 1.29 is 35.5 Å². The molecule has 0 aliphatic carbocycles. The number of carbonyl (C=O) groups excluding carboxylic acids is 1. The first kappa shape index (κ1) is 30.2. The van der Waals surface area contributed by atoms with Crippen LogP contribution in [-0.2, 0) is 31.8 Å². The van der Waals surface area contributed by atoms with Gasteiger partial charge in [-0.15, -0.1) is 10.2 Å². The standard InChI is InChI=1S/C30H29F3N4O5S/c1-29(2,43(4,39)40)28-36-35-26(42-28)21-13-25-22(14-23(21)31)30(32,33)15-24(34)27(38)37(25)16-17-5-7-18(8-6-17)19-9-11-20(41-3)12-10-19/h5-14,24H,15-16,34H2,1-4H3/t24-/m1/s1. The van der Waals surface area contributed by atoms with Crippen molar-refractivity contribution >= 4 is 21.4 Å². The van der Waals surface area contributed by atoms with Crippen LogP contribution in [0.1, 0.15) is 37.3 Å². The van der Waals surface area contributed by atoms with Crippen LogP contribution in [0.3, 0.4) is 0 Å². The van der Waals surface area contributed by atoms with Crippen molar-refractivity contribution in [2.45, 2.75) is 43.5 Å². The highest BCUT2D eigenvalue weighted by Gasteiger charge is 2.45. The molecule has 2 N–H and O–H groups in total. The van der Waals surface area contributed by atoms with Gasteiger partial charge in [-0.1, -0.05) is 36.4 Å². The molecule has 2 heterocycles. The Balaban J connectivity index is 1.55. The molecule has 1 amide bonds. The van der Waals surface area contributed by atoms with E-state index in [-0.39, 0.29) is 23.7 Å². The maximum Gasteiger partial charge on any atom is 0.277 e. The maximum absolute atomic E-state index is 15.4. The summed E-state index contributed by atoms with van der Waals surface area (Å²) < 4.78 is 79.6. The Hall–Kier alpha value is -4.23. The lowest BCUT2D eigenvalue weighted by Gasteiger charge is -2.25. The topological polar surface area (TPSA) is 129 Å². The van der Waals surface area contributed by atoms with E-state index in [4.69, 9.17) is 14.9 Å². The van der Waals surface area contributed by atoms with Gasteiger partial charge in [-0.25, -0.2) is 21.6 Å². The Labute approximate surface area is 246 Å². The van der Waals surface area contributed by atoms with Crippen LogP contribution in [-0.4, -0.2) is 43.9 Å². The third-order valence-electron chi connectivity index (χ3n) is 7.65. The van der Waals surface area contributed by atoms with Gasteiger partial charge in [0.1, 0.15) is 16.3 Å². The molecule has 226 valence electrons. The van der Waals surface area contributed by atoms with Gasteiger partial charge in [-0.3, -0.25) is 4.79 Å². The maximum atomic E-state index is 15.4. The second-order valence-electron chi connectivity index (χ2n) is 10.9. The molecule has 1 aromatic heterocycles. The highest BCUT2D eigenvalue weighted by Crippen LogP contribution is 2.45. The number of amides is 1. The highest BCUT2D eigenvalue weighted by atomic mass is 32.2. The number of aromatic nitrogens is 2. The third-order valence-corrected chi connectivity index (χ3v) is 9.67. The molecule has 0 bridgehead atoms. The van der Waals surface area contributed by atoms with Crippen LogP contribution in [0.2, 0.25) is 0 Å². The van der Waals surface area contributed by atoms with Crippen molar-refractivity contribution in [3.05, 3.63) is 83.5 Å². The Kier molecular flexibility index (Phi) is 7.59. The number of nitrogens with zero attached hydrogens (tertiary/aromatic N) is 3. The van der Waals surface area contributed by atoms with Gasteiger partial charge in [0.25, 0.3) is 11.8 Å². The number of carbonyl (C=O) groups is 1. The molecule has 0 saturated carbocycles. The molecule has 0 spiro atoms. The molecule has 0 radical (unpaired) electrons. The summed E-state index contributed by atoms with van der Waals surface area (Å²) >= 11 is 0. The van der Waals surface area contributed by atoms with Crippen molar-refractivity contribution in [1.82, 2.24) is 10.2 Å². The van der Waals surface area contributed by atoms with Gasteiger partial charge < -0.3 is 19.8 Å². The average Bonchev–Trinajstić information content (AvgIpc) is 3.44. The van der Waals surface area contributed by atoms with Crippen molar-refractivity contribution in [2.24, 2.45) is 5.73 Å². The Morgan fingerprint density at radius 3 is 2.26 bits per heavy atom. The zero-order chi connectivity index (χ0) is 31.3. The molecular formula is C30H29F3N4O5S. The third kappa shape index (κ3) is 5.62. The number of benzene rings is 3. The molecule has 1 atom stereocenters. The van der Waals surface area contributed by atoms with E-state index in [2.05, 4.69) is 10.2 Å². The number of hydrogen-bond acceptors (Lipinski definition) is 8. The number of fused-ring (bicyclic) bond motifs is 1. The fourth-order valence-electron chi connectivity index (χ4n) is 4.70. The predicted octanol–water partition coefficient (Wildman–Crippen LogP) is 5.19. The fraction of sp³-hybridized carbons (Fsp3) is 0.300. The minimum absolute atomic E-state index is 0.139. The minimum Gasteiger partial charge on any atom is -0.497 e. The summed E-state index contributed by atoms with van der Waals surface area (Å²) in [7, 11) is -2.14. The lowest BCUT2D eigenvalue weighted by molar-refractivity contribution is -0.122. The zero-order valence-electron chi connectivity index (χ0n) is 23.8. The molecule has 0 saturated heterocycles. The second-order valence-corrected chi connectivity index (χ2v) is 13.5. The second kappa shape index (κ2) is 10.8. The van der Waals surface area contributed by atoms with Crippen molar-refractivity contribution in [3.63, 3.8) is 0 Å². The first-order chi connectivity index (χ1) is 20.1. The van der Waals surface area contributed by atoms with Crippen molar-refractivity contribution in [1.29, 1.82) is 0 Å². The van der Waals surface area contributed by atoms with E-state index in [1.807, 2.05) is 36.4 Å². The molecule has 0 unspecified atom stereocenters. The molecule has 1 aliphatic rings. The molecule has 4 aromatic rings. The normalized spacial score (nSPS) is 17.0. The molecule has 5 rings (SSSR count). The smallest absolute Gasteiger partial charge is 0.277 e. The summed E-state index contributed by atoms with van der Waals surface area (Å²) in [6.45, 7) is 2.55. The number of hydrogen-bond donors (Lipinski definition) is 1. The SMILES string of the molecule is COc1ccc(-c2ccc(CN3C(=O)[C@H](N)CC(F)(F)c4cc(F)c(-c5nnc(C(C)(C)S(C)(=O)=O)o5)cc43)cc2)cc1. The molecule has 9 nitrogen and oxygen atoms in total. The minimum atomic E-state index is -3.71. The molecule has 43 heavy (non-hydrogen) atoms. The highest BCUT2D eigenvalue weighted by molar-refractivity contribution is 7.91. The molecule has 13 heteroatoms. The van der Waals surface area contributed by atoms with E-state index in [0.717, 1.165) is 28.3 Å². The van der Waals surface area contributed by atoms with E-state index in [9.17, 15) is 13.2 Å². The van der Waals surface area contributed by atoms with Crippen LogP contribution < -0.4 is 15.4 Å². The predicted molar refractivity (Wildman–Crippen MR) is 154 cm³/mol. The van der Waals surface area contributed by atoms with Crippen LogP contribution >= 0.6 is 0 Å². The number of methoxy groups -OCH3 is 1. The van der Waals surface area contributed by atoms with E-state index in [0.29, 0.717) is 17.4 Å². The summed E-state index contributed by atoms with van der Waals surface area (Å²) in [5.74, 6) is -5.55. The van der Waals surface area contributed by atoms with E-state index < -0.39 is 56.1 Å². The van der Waals surface area contributed by atoms with E-state index in [1.54, 1.807) is 19.2 Å².